The number of likely N-dealkylation sites (tertiary alicyclic amines) is 1. The van der Waals surface area contributed by atoms with Crippen LogP contribution < -0.4 is 0 Å². The molecular formula is C16H25NO. The predicted molar refractivity (Wildman–Crippen MR) is 73.1 cm³/mol. The first-order valence-electron chi connectivity index (χ1n) is 7.47. The molecule has 2 atom stereocenters. The smallest absolute Gasteiger partial charge is 0.167 e. The minimum absolute atomic E-state index is 0.0979. The van der Waals surface area contributed by atoms with Gasteiger partial charge in [0.25, 0.3) is 0 Å². The van der Waals surface area contributed by atoms with Gasteiger partial charge in [-0.05, 0) is 43.4 Å². The molecule has 0 unspecified atom stereocenters. The fraction of sp³-hybridized carbons (Fsp3) is 0.812. The first-order valence-corrected chi connectivity index (χ1v) is 7.47. The van der Waals surface area contributed by atoms with Crippen LogP contribution in [-0.2, 0) is 4.79 Å². The molecule has 18 heavy (non-hydrogen) atoms. The summed E-state index contributed by atoms with van der Waals surface area (Å²) in [7, 11) is 0. The minimum Gasteiger partial charge on any atom is -0.377 e. The Kier molecular flexibility index (Phi) is 2.62. The number of fused-ring (bicyclic) bond motifs is 2. The van der Waals surface area contributed by atoms with E-state index in [4.69, 9.17) is 0 Å². The van der Waals surface area contributed by atoms with E-state index in [0.717, 1.165) is 25.1 Å². The van der Waals surface area contributed by atoms with E-state index in [1.165, 1.54) is 25.7 Å². The second-order valence-electron chi connectivity index (χ2n) is 7.16. The summed E-state index contributed by atoms with van der Waals surface area (Å²) in [6, 6.07) is 0. The Balaban J connectivity index is 1.90. The van der Waals surface area contributed by atoms with Crippen LogP contribution in [0.25, 0.3) is 0 Å². The lowest BCUT2D eigenvalue weighted by Crippen LogP contribution is -2.32. The van der Waals surface area contributed by atoms with Crippen molar-refractivity contribution in [2.75, 3.05) is 13.1 Å². The molecule has 2 bridgehead atoms. The van der Waals surface area contributed by atoms with Crippen LogP contribution in [0.4, 0.5) is 0 Å². The lowest BCUT2D eigenvalue weighted by Gasteiger charge is -2.31. The molecule has 2 saturated carbocycles. The van der Waals surface area contributed by atoms with Crippen molar-refractivity contribution in [3.05, 3.63) is 11.8 Å². The van der Waals surface area contributed by atoms with Gasteiger partial charge in [0.1, 0.15) is 0 Å². The average molecular weight is 247 g/mol. The van der Waals surface area contributed by atoms with Gasteiger partial charge in [0, 0.05) is 30.3 Å². The summed E-state index contributed by atoms with van der Waals surface area (Å²) in [4.78, 5) is 15.1. The van der Waals surface area contributed by atoms with Crippen molar-refractivity contribution in [3.8, 4) is 0 Å². The van der Waals surface area contributed by atoms with Gasteiger partial charge in [-0.3, -0.25) is 4.79 Å². The molecule has 2 heteroatoms. The van der Waals surface area contributed by atoms with Crippen molar-refractivity contribution in [2.45, 2.75) is 52.9 Å². The Bertz CT molecular complexity index is 403. The van der Waals surface area contributed by atoms with Gasteiger partial charge in [-0.1, -0.05) is 20.8 Å². The van der Waals surface area contributed by atoms with Crippen LogP contribution in [0.15, 0.2) is 11.8 Å². The molecule has 0 amide bonds. The first-order chi connectivity index (χ1) is 8.47. The molecule has 0 aromatic heterocycles. The maximum Gasteiger partial charge on any atom is 0.167 e. The van der Waals surface area contributed by atoms with Gasteiger partial charge in [-0.25, -0.2) is 0 Å². The highest BCUT2D eigenvalue weighted by Crippen LogP contribution is 2.65. The highest BCUT2D eigenvalue weighted by molar-refractivity contribution is 6.04. The normalized spacial score (nSPS) is 40.8. The Morgan fingerprint density at radius 3 is 2.39 bits per heavy atom. The van der Waals surface area contributed by atoms with Crippen molar-refractivity contribution < 1.29 is 4.79 Å². The van der Waals surface area contributed by atoms with Crippen LogP contribution in [0.5, 0.6) is 0 Å². The molecule has 3 aliphatic rings. The fourth-order valence-corrected chi connectivity index (χ4v) is 4.32. The molecule has 100 valence electrons. The maximum atomic E-state index is 12.7. The quantitative estimate of drug-likeness (QED) is 0.662. The predicted octanol–water partition coefficient (Wildman–Crippen LogP) is 3.38. The van der Waals surface area contributed by atoms with Crippen molar-refractivity contribution >= 4 is 5.78 Å². The summed E-state index contributed by atoms with van der Waals surface area (Å²) < 4.78 is 0. The number of rotatable bonds is 1. The molecule has 3 fully saturated rings. The summed E-state index contributed by atoms with van der Waals surface area (Å²) >= 11 is 0. The SMILES string of the molecule is CC1(C)[C@@H]2CC[C@]1(C)C(=O)C2=CN1CCCCC1. The largest absolute Gasteiger partial charge is 0.377 e. The molecule has 1 heterocycles. The molecule has 0 N–H and O–H groups in total. The van der Waals surface area contributed by atoms with E-state index < -0.39 is 0 Å². The molecule has 1 aliphatic heterocycles. The average Bonchev–Trinajstić information content (AvgIpc) is 2.65. The minimum atomic E-state index is -0.0979. The highest BCUT2D eigenvalue weighted by Gasteiger charge is 2.64. The van der Waals surface area contributed by atoms with Crippen molar-refractivity contribution in [3.63, 3.8) is 0 Å². The number of ketones is 1. The fourth-order valence-electron chi connectivity index (χ4n) is 4.32. The van der Waals surface area contributed by atoms with E-state index in [1.807, 2.05) is 0 Å². The van der Waals surface area contributed by atoms with Crippen LogP contribution in [-0.4, -0.2) is 23.8 Å². The van der Waals surface area contributed by atoms with Crippen LogP contribution in [0, 0.1) is 16.7 Å². The Labute approximate surface area is 110 Å². The van der Waals surface area contributed by atoms with E-state index in [2.05, 4.69) is 31.9 Å². The van der Waals surface area contributed by atoms with Crippen LogP contribution in [0.2, 0.25) is 0 Å². The van der Waals surface area contributed by atoms with Crippen molar-refractivity contribution in [1.29, 1.82) is 0 Å². The van der Waals surface area contributed by atoms with Gasteiger partial charge in [0.15, 0.2) is 5.78 Å². The van der Waals surface area contributed by atoms with E-state index in [9.17, 15) is 4.79 Å². The maximum absolute atomic E-state index is 12.7. The number of Topliss-reactive ketones (excluding diaryl/α,β-unsaturated/α-hetero) is 1. The number of hydrogen-bond acceptors (Lipinski definition) is 2. The molecule has 0 radical (unpaired) electrons. The number of piperidine rings is 1. The number of allylic oxidation sites excluding steroid dienone is 1. The van der Waals surface area contributed by atoms with Crippen LogP contribution >= 0.6 is 0 Å². The molecular weight excluding hydrogens is 222 g/mol. The lowest BCUT2D eigenvalue weighted by atomic mass is 9.70. The van der Waals surface area contributed by atoms with Gasteiger partial charge in [0.05, 0.1) is 0 Å². The van der Waals surface area contributed by atoms with E-state index in [1.54, 1.807) is 0 Å². The number of nitrogens with zero attached hydrogens (tertiary/aromatic N) is 1. The summed E-state index contributed by atoms with van der Waals surface area (Å²) in [5, 5.41) is 0. The third kappa shape index (κ3) is 1.44. The lowest BCUT2D eigenvalue weighted by molar-refractivity contribution is -0.125. The van der Waals surface area contributed by atoms with Gasteiger partial charge in [0.2, 0.25) is 0 Å². The third-order valence-electron chi connectivity index (χ3n) is 6.08. The Morgan fingerprint density at radius 1 is 1.17 bits per heavy atom. The highest BCUT2D eigenvalue weighted by atomic mass is 16.1. The molecule has 1 saturated heterocycles. The first kappa shape index (κ1) is 12.3. The topological polar surface area (TPSA) is 20.3 Å². The number of hydrogen-bond donors (Lipinski definition) is 0. The summed E-state index contributed by atoms with van der Waals surface area (Å²) in [6.07, 6.45) is 8.42. The Hall–Kier alpha value is -0.790. The van der Waals surface area contributed by atoms with E-state index >= 15 is 0 Å². The van der Waals surface area contributed by atoms with Crippen molar-refractivity contribution in [2.24, 2.45) is 16.7 Å². The molecule has 2 nitrogen and oxygen atoms in total. The zero-order valence-corrected chi connectivity index (χ0v) is 12.0. The molecule has 3 rings (SSSR count). The zero-order valence-electron chi connectivity index (χ0n) is 12.0. The molecule has 2 aliphatic carbocycles. The standard InChI is InChI=1S/C16H25NO/c1-15(2)13-7-8-16(15,3)14(18)12(13)11-17-9-5-4-6-10-17/h11,13H,4-10H2,1-3H3/t13-,16-/m1/s1. The molecule has 0 aromatic rings. The van der Waals surface area contributed by atoms with E-state index in [0.29, 0.717) is 11.7 Å². The van der Waals surface area contributed by atoms with Gasteiger partial charge in [-0.15, -0.1) is 0 Å². The monoisotopic (exact) mass is 247 g/mol. The van der Waals surface area contributed by atoms with Gasteiger partial charge in [-0.2, -0.15) is 0 Å². The van der Waals surface area contributed by atoms with E-state index in [-0.39, 0.29) is 10.8 Å². The molecule has 0 spiro atoms. The van der Waals surface area contributed by atoms with Gasteiger partial charge >= 0.3 is 0 Å². The second-order valence-corrected chi connectivity index (χ2v) is 7.16. The Morgan fingerprint density at radius 2 is 1.83 bits per heavy atom. The zero-order chi connectivity index (χ0) is 13.0. The van der Waals surface area contributed by atoms with Crippen molar-refractivity contribution in [1.82, 2.24) is 4.90 Å². The number of carbonyl (C=O) groups is 1. The molecule has 0 aromatic carbocycles. The second kappa shape index (κ2) is 3.85. The van der Waals surface area contributed by atoms with Gasteiger partial charge < -0.3 is 4.90 Å². The van der Waals surface area contributed by atoms with Crippen LogP contribution in [0.1, 0.15) is 52.9 Å². The summed E-state index contributed by atoms with van der Waals surface area (Å²) in [6.45, 7) is 9.05. The van der Waals surface area contributed by atoms with Crippen LogP contribution in [0.3, 0.4) is 0 Å². The summed E-state index contributed by atoms with van der Waals surface area (Å²) in [5.74, 6) is 0.936. The number of carbonyl (C=O) groups excluding carboxylic acids is 1. The summed E-state index contributed by atoms with van der Waals surface area (Å²) in [5.41, 5.74) is 1.20. The third-order valence-corrected chi connectivity index (χ3v) is 6.08.